The SMILES string of the molecule is CC(C)=CCC[C@H](C)C[C@@H]1CC=CC(=O)O1. The first-order valence-electron chi connectivity index (χ1n) is 6.08. The zero-order chi connectivity index (χ0) is 12.0. The van der Waals surface area contributed by atoms with E-state index in [0.29, 0.717) is 5.92 Å². The van der Waals surface area contributed by atoms with Gasteiger partial charge in [0.15, 0.2) is 0 Å². The van der Waals surface area contributed by atoms with E-state index in [-0.39, 0.29) is 12.1 Å². The molecule has 0 aromatic carbocycles. The van der Waals surface area contributed by atoms with E-state index in [0.717, 1.165) is 19.3 Å². The topological polar surface area (TPSA) is 26.3 Å². The van der Waals surface area contributed by atoms with Crippen LogP contribution in [0.25, 0.3) is 0 Å². The summed E-state index contributed by atoms with van der Waals surface area (Å²) >= 11 is 0. The van der Waals surface area contributed by atoms with Gasteiger partial charge in [-0.3, -0.25) is 0 Å². The third-order valence-corrected chi connectivity index (χ3v) is 2.81. The molecule has 2 atom stereocenters. The number of rotatable bonds is 5. The number of allylic oxidation sites excluding steroid dienone is 2. The minimum atomic E-state index is -0.187. The molecule has 0 saturated carbocycles. The van der Waals surface area contributed by atoms with Crippen molar-refractivity contribution >= 4 is 5.97 Å². The van der Waals surface area contributed by atoms with Gasteiger partial charge in [-0.2, -0.15) is 0 Å². The highest BCUT2D eigenvalue weighted by Crippen LogP contribution is 2.20. The van der Waals surface area contributed by atoms with Gasteiger partial charge in [-0.25, -0.2) is 4.79 Å². The lowest BCUT2D eigenvalue weighted by Crippen LogP contribution is -2.22. The second-order valence-corrected chi connectivity index (χ2v) is 4.90. The predicted octanol–water partition coefficient (Wildman–Crippen LogP) is 3.63. The third-order valence-electron chi connectivity index (χ3n) is 2.81. The van der Waals surface area contributed by atoms with Crippen molar-refractivity contribution in [2.45, 2.75) is 52.6 Å². The van der Waals surface area contributed by atoms with Gasteiger partial charge in [0.05, 0.1) is 0 Å². The van der Waals surface area contributed by atoms with Gasteiger partial charge < -0.3 is 4.74 Å². The molecule has 1 heterocycles. The van der Waals surface area contributed by atoms with Gasteiger partial charge in [-0.05, 0) is 39.0 Å². The molecule has 0 saturated heterocycles. The van der Waals surface area contributed by atoms with E-state index in [9.17, 15) is 4.79 Å². The van der Waals surface area contributed by atoms with Gasteiger partial charge in [0.2, 0.25) is 0 Å². The summed E-state index contributed by atoms with van der Waals surface area (Å²) in [6, 6.07) is 0. The number of carbonyl (C=O) groups excluding carboxylic acids is 1. The Morgan fingerprint density at radius 1 is 1.62 bits per heavy atom. The molecular weight excluding hydrogens is 200 g/mol. The Morgan fingerprint density at radius 2 is 2.38 bits per heavy atom. The Balaban J connectivity index is 2.23. The second kappa shape index (κ2) is 6.51. The van der Waals surface area contributed by atoms with Crippen LogP contribution in [0.5, 0.6) is 0 Å². The molecular formula is C14H22O2. The number of esters is 1. The summed E-state index contributed by atoms with van der Waals surface area (Å²) in [6.07, 6.45) is 9.94. The summed E-state index contributed by atoms with van der Waals surface area (Å²) in [5.41, 5.74) is 1.37. The molecule has 1 aliphatic rings. The van der Waals surface area contributed by atoms with Crippen molar-refractivity contribution in [3.8, 4) is 0 Å². The zero-order valence-corrected chi connectivity index (χ0v) is 10.5. The van der Waals surface area contributed by atoms with Crippen molar-refractivity contribution in [3.05, 3.63) is 23.8 Å². The molecule has 0 unspecified atom stereocenters. The average Bonchev–Trinajstić information content (AvgIpc) is 2.16. The normalized spacial score (nSPS) is 21.4. The molecule has 2 nitrogen and oxygen atoms in total. The Kier molecular flexibility index (Phi) is 5.30. The number of carbonyl (C=O) groups is 1. The van der Waals surface area contributed by atoms with Crippen molar-refractivity contribution in [2.75, 3.05) is 0 Å². The van der Waals surface area contributed by atoms with Crippen LogP contribution in [-0.2, 0) is 9.53 Å². The molecule has 0 aromatic rings. The van der Waals surface area contributed by atoms with E-state index in [4.69, 9.17) is 4.74 Å². The molecule has 0 bridgehead atoms. The molecule has 0 fully saturated rings. The van der Waals surface area contributed by atoms with Crippen LogP contribution in [0.3, 0.4) is 0 Å². The molecule has 0 aromatic heterocycles. The summed E-state index contributed by atoms with van der Waals surface area (Å²) < 4.78 is 5.24. The van der Waals surface area contributed by atoms with E-state index in [1.807, 2.05) is 6.08 Å². The highest BCUT2D eigenvalue weighted by atomic mass is 16.5. The lowest BCUT2D eigenvalue weighted by molar-refractivity contribution is -0.144. The quantitative estimate of drug-likeness (QED) is 0.524. The third kappa shape index (κ3) is 5.15. The first-order chi connectivity index (χ1) is 7.58. The van der Waals surface area contributed by atoms with Crippen molar-refractivity contribution in [1.82, 2.24) is 0 Å². The Morgan fingerprint density at radius 3 is 3.00 bits per heavy atom. The van der Waals surface area contributed by atoms with Crippen molar-refractivity contribution < 1.29 is 9.53 Å². The van der Waals surface area contributed by atoms with Crippen molar-refractivity contribution in [3.63, 3.8) is 0 Å². The largest absolute Gasteiger partial charge is 0.459 e. The second-order valence-electron chi connectivity index (χ2n) is 4.90. The molecule has 0 spiro atoms. The van der Waals surface area contributed by atoms with Gasteiger partial charge in [-0.15, -0.1) is 0 Å². The number of cyclic esters (lactones) is 1. The molecule has 90 valence electrons. The fraction of sp³-hybridized carbons (Fsp3) is 0.643. The molecule has 1 rings (SSSR count). The lowest BCUT2D eigenvalue weighted by Gasteiger charge is -2.21. The van der Waals surface area contributed by atoms with E-state index in [1.165, 1.54) is 18.1 Å². The molecule has 0 radical (unpaired) electrons. The van der Waals surface area contributed by atoms with Crippen LogP contribution in [0.1, 0.15) is 46.5 Å². The Bertz CT molecular complexity index is 285. The minimum absolute atomic E-state index is 0.0965. The first kappa shape index (κ1) is 13.0. The van der Waals surface area contributed by atoms with Crippen LogP contribution in [0.15, 0.2) is 23.8 Å². The first-order valence-corrected chi connectivity index (χ1v) is 6.08. The maximum atomic E-state index is 11.0. The highest BCUT2D eigenvalue weighted by Gasteiger charge is 2.18. The fourth-order valence-electron chi connectivity index (χ4n) is 1.94. The van der Waals surface area contributed by atoms with Gasteiger partial charge >= 0.3 is 5.97 Å². The molecule has 1 aliphatic heterocycles. The number of hydrogen-bond acceptors (Lipinski definition) is 2. The van der Waals surface area contributed by atoms with Crippen LogP contribution >= 0.6 is 0 Å². The molecule has 16 heavy (non-hydrogen) atoms. The molecule has 0 N–H and O–H groups in total. The predicted molar refractivity (Wildman–Crippen MR) is 66.1 cm³/mol. The van der Waals surface area contributed by atoms with Crippen LogP contribution in [0.2, 0.25) is 0 Å². The fourth-order valence-corrected chi connectivity index (χ4v) is 1.94. The van der Waals surface area contributed by atoms with Crippen molar-refractivity contribution in [2.24, 2.45) is 5.92 Å². The molecule has 0 amide bonds. The van der Waals surface area contributed by atoms with Gasteiger partial charge in [-0.1, -0.05) is 24.6 Å². The monoisotopic (exact) mass is 222 g/mol. The number of hydrogen-bond donors (Lipinski definition) is 0. The van der Waals surface area contributed by atoms with Crippen LogP contribution < -0.4 is 0 Å². The maximum absolute atomic E-state index is 11.0. The average molecular weight is 222 g/mol. The smallest absolute Gasteiger partial charge is 0.330 e. The van der Waals surface area contributed by atoms with E-state index in [1.54, 1.807) is 0 Å². The Labute approximate surface area is 98.4 Å². The summed E-state index contributed by atoms with van der Waals surface area (Å²) in [4.78, 5) is 11.0. The van der Waals surface area contributed by atoms with Crippen LogP contribution in [0, 0.1) is 5.92 Å². The van der Waals surface area contributed by atoms with E-state index < -0.39 is 0 Å². The van der Waals surface area contributed by atoms with Crippen molar-refractivity contribution in [1.29, 1.82) is 0 Å². The number of ether oxygens (including phenoxy) is 1. The van der Waals surface area contributed by atoms with Gasteiger partial charge in [0.1, 0.15) is 6.10 Å². The highest BCUT2D eigenvalue weighted by molar-refractivity contribution is 5.82. The van der Waals surface area contributed by atoms with E-state index >= 15 is 0 Å². The van der Waals surface area contributed by atoms with E-state index in [2.05, 4.69) is 26.8 Å². The van der Waals surface area contributed by atoms with Crippen LogP contribution in [0.4, 0.5) is 0 Å². The summed E-state index contributed by atoms with van der Waals surface area (Å²) in [5, 5.41) is 0. The maximum Gasteiger partial charge on any atom is 0.330 e. The lowest BCUT2D eigenvalue weighted by atomic mass is 9.95. The van der Waals surface area contributed by atoms with Crippen LogP contribution in [-0.4, -0.2) is 12.1 Å². The minimum Gasteiger partial charge on any atom is -0.459 e. The molecule has 0 aliphatic carbocycles. The summed E-state index contributed by atoms with van der Waals surface area (Å²) in [5.74, 6) is 0.424. The zero-order valence-electron chi connectivity index (χ0n) is 10.5. The summed E-state index contributed by atoms with van der Waals surface area (Å²) in [6.45, 7) is 6.47. The Hall–Kier alpha value is -1.05. The standard InChI is InChI=1S/C14H22O2/c1-11(2)6-4-7-12(3)10-13-8-5-9-14(15)16-13/h5-6,9,12-13H,4,7-8,10H2,1-3H3/t12-,13-/m0/s1. The van der Waals surface area contributed by atoms with Gasteiger partial charge in [0, 0.05) is 12.5 Å². The van der Waals surface area contributed by atoms with Gasteiger partial charge in [0.25, 0.3) is 0 Å². The summed E-state index contributed by atoms with van der Waals surface area (Å²) in [7, 11) is 0. The molecule has 2 heteroatoms.